The Morgan fingerprint density at radius 2 is 2.05 bits per heavy atom. The summed E-state index contributed by atoms with van der Waals surface area (Å²) >= 11 is 0. The molecule has 1 fully saturated rings. The number of nitrogens with one attached hydrogen (secondary N) is 2. The summed E-state index contributed by atoms with van der Waals surface area (Å²) in [6.45, 7) is 6.83. The second-order valence-electron chi connectivity index (χ2n) is 6.37. The molecule has 2 rings (SSSR count). The molecule has 0 aromatic rings. The molecule has 0 spiro atoms. The van der Waals surface area contributed by atoms with Crippen LogP contribution in [0.25, 0.3) is 0 Å². The molecule has 2 atom stereocenters. The number of amides is 2. The molecule has 5 nitrogen and oxygen atoms in total. The average Bonchev–Trinajstić information content (AvgIpc) is 2.89. The van der Waals surface area contributed by atoms with Crippen molar-refractivity contribution in [3.63, 3.8) is 0 Å². The van der Waals surface area contributed by atoms with Crippen LogP contribution in [0.15, 0.2) is 12.2 Å². The second kappa shape index (κ2) is 5.74. The van der Waals surface area contributed by atoms with Crippen LogP contribution in [0.4, 0.5) is 4.79 Å². The summed E-state index contributed by atoms with van der Waals surface area (Å²) in [7, 11) is 0. The maximum atomic E-state index is 11.8. The third kappa shape index (κ3) is 2.83. The van der Waals surface area contributed by atoms with Crippen LogP contribution >= 0.6 is 0 Å². The van der Waals surface area contributed by atoms with Crippen LogP contribution in [0.2, 0.25) is 0 Å². The van der Waals surface area contributed by atoms with Gasteiger partial charge in [-0.2, -0.15) is 0 Å². The van der Waals surface area contributed by atoms with Gasteiger partial charge in [0.2, 0.25) is 0 Å². The lowest BCUT2D eigenvalue weighted by molar-refractivity contribution is -0.237. The van der Waals surface area contributed by atoms with Gasteiger partial charge >= 0.3 is 6.03 Å². The maximum absolute atomic E-state index is 11.8. The zero-order valence-corrected chi connectivity index (χ0v) is 12.6. The largest absolute Gasteiger partial charge is 0.387 e. The first-order chi connectivity index (χ1) is 9.39. The Bertz CT molecular complexity index is 387. The Hall–Kier alpha value is -1.07. The van der Waals surface area contributed by atoms with Gasteiger partial charge in [-0.25, -0.2) is 4.79 Å². The molecule has 20 heavy (non-hydrogen) atoms. The predicted molar refractivity (Wildman–Crippen MR) is 77.5 cm³/mol. The molecular formula is C15H26N2O3. The summed E-state index contributed by atoms with van der Waals surface area (Å²) in [6, 6.07) is -0.0157. The molecule has 0 aromatic heterocycles. The molecule has 3 N–H and O–H groups in total. The molecule has 2 aliphatic carbocycles. The summed E-state index contributed by atoms with van der Waals surface area (Å²) < 4.78 is 5.61. The zero-order valence-electron chi connectivity index (χ0n) is 12.6. The van der Waals surface area contributed by atoms with Gasteiger partial charge in [0.05, 0.1) is 11.7 Å². The van der Waals surface area contributed by atoms with Crippen molar-refractivity contribution >= 4 is 6.03 Å². The van der Waals surface area contributed by atoms with E-state index in [9.17, 15) is 9.90 Å². The third-order valence-electron chi connectivity index (χ3n) is 4.78. The molecule has 0 unspecified atom stereocenters. The highest BCUT2D eigenvalue weighted by molar-refractivity contribution is 5.74. The first-order valence-corrected chi connectivity index (χ1v) is 7.42. The second-order valence-corrected chi connectivity index (χ2v) is 6.37. The van der Waals surface area contributed by atoms with E-state index in [4.69, 9.17) is 4.74 Å². The van der Waals surface area contributed by atoms with Crippen molar-refractivity contribution in [2.75, 3.05) is 13.2 Å². The smallest absolute Gasteiger partial charge is 0.315 e. The average molecular weight is 282 g/mol. The Morgan fingerprint density at radius 3 is 2.60 bits per heavy atom. The number of ether oxygens (including phenoxy) is 1. The van der Waals surface area contributed by atoms with E-state index in [0.717, 1.165) is 12.8 Å². The minimum absolute atomic E-state index is 0.0568. The molecule has 0 radical (unpaired) electrons. The zero-order chi connectivity index (χ0) is 14.8. The summed E-state index contributed by atoms with van der Waals surface area (Å²) in [5.74, 6) is 0. The summed E-state index contributed by atoms with van der Waals surface area (Å²) in [6.07, 6.45) is 6.53. The van der Waals surface area contributed by atoms with Crippen molar-refractivity contribution < 1.29 is 14.6 Å². The Balaban J connectivity index is 1.77. The number of hydrogen-bond donors (Lipinski definition) is 3. The van der Waals surface area contributed by atoms with Crippen LogP contribution in [0.1, 0.15) is 40.0 Å². The Kier molecular flexibility index (Phi) is 4.39. The fraction of sp³-hybridized carbons (Fsp3) is 0.800. The topological polar surface area (TPSA) is 70.6 Å². The first-order valence-electron chi connectivity index (χ1n) is 7.42. The predicted octanol–water partition coefficient (Wildman–Crippen LogP) is 1.57. The van der Waals surface area contributed by atoms with Gasteiger partial charge in [-0.05, 0) is 19.8 Å². The van der Waals surface area contributed by atoms with E-state index in [1.165, 1.54) is 0 Å². The van der Waals surface area contributed by atoms with E-state index < -0.39 is 5.60 Å². The minimum Gasteiger partial charge on any atom is -0.387 e. The number of aliphatic hydroxyl groups is 1. The molecule has 0 saturated heterocycles. The first kappa shape index (κ1) is 15.3. The lowest BCUT2D eigenvalue weighted by Crippen LogP contribution is -2.69. The fourth-order valence-corrected chi connectivity index (χ4v) is 2.96. The van der Waals surface area contributed by atoms with Crippen molar-refractivity contribution in [3.8, 4) is 0 Å². The van der Waals surface area contributed by atoms with Crippen LogP contribution in [0.3, 0.4) is 0 Å². The number of carbonyl (C=O) groups is 1. The summed E-state index contributed by atoms with van der Waals surface area (Å²) in [5, 5.41) is 16.3. The van der Waals surface area contributed by atoms with Gasteiger partial charge < -0.3 is 20.5 Å². The van der Waals surface area contributed by atoms with Gasteiger partial charge in [0.1, 0.15) is 0 Å². The highest BCUT2D eigenvalue weighted by Gasteiger charge is 2.59. The van der Waals surface area contributed by atoms with Crippen LogP contribution in [-0.4, -0.2) is 42.0 Å². The van der Waals surface area contributed by atoms with E-state index in [-0.39, 0.29) is 30.1 Å². The number of carbonyl (C=O) groups excluding carboxylic acids is 1. The van der Waals surface area contributed by atoms with Crippen LogP contribution in [0, 0.1) is 5.41 Å². The number of rotatable bonds is 5. The minimum atomic E-state index is -0.891. The van der Waals surface area contributed by atoms with Crippen molar-refractivity contribution in [3.05, 3.63) is 12.2 Å². The van der Waals surface area contributed by atoms with Gasteiger partial charge in [0.25, 0.3) is 0 Å². The molecule has 2 amide bonds. The Morgan fingerprint density at radius 1 is 1.40 bits per heavy atom. The van der Waals surface area contributed by atoms with E-state index in [2.05, 4.69) is 22.8 Å². The molecule has 0 aromatic carbocycles. The lowest BCUT2D eigenvalue weighted by Gasteiger charge is -2.57. The van der Waals surface area contributed by atoms with Crippen LogP contribution in [-0.2, 0) is 4.74 Å². The standard InChI is InChI=1S/C15H26N2O3/c1-4-20-12-9-15(19,14(12,2)3)10-16-13(18)17-11-7-5-6-8-11/h5-6,11-12,19H,4,7-10H2,1-3H3,(H2,16,17,18)/t12-,15-/m0/s1. The molecule has 0 aliphatic heterocycles. The molecule has 0 bridgehead atoms. The van der Waals surface area contributed by atoms with Crippen molar-refractivity contribution in [2.24, 2.45) is 5.41 Å². The highest BCUT2D eigenvalue weighted by Crippen LogP contribution is 2.50. The molecule has 1 saturated carbocycles. The van der Waals surface area contributed by atoms with Crippen molar-refractivity contribution in [2.45, 2.75) is 57.8 Å². The van der Waals surface area contributed by atoms with E-state index in [0.29, 0.717) is 13.0 Å². The highest BCUT2D eigenvalue weighted by atomic mass is 16.5. The molecule has 0 heterocycles. The number of hydrogen-bond acceptors (Lipinski definition) is 3. The number of urea groups is 1. The maximum Gasteiger partial charge on any atom is 0.315 e. The van der Waals surface area contributed by atoms with Gasteiger partial charge in [0.15, 0.2) is 0 Å². The third-order valence-corrected chi connectivity index (χ3v) is 4.78. The van der Waals surface area contributed by atoms with Gasteiger partial charge in [-0.3, -0.25) is 0 Å². The van der Waals surface area contributed by atoms with Crippen LogP contribution < -0.4 is 10.6 Å². The van der Waals surface area contributed by atoms with E-state index in [1.54, 1.807) is 0 Å². The fourth-order valence-electron chi connectivity index (χ4n) is 2.96. The van der Waals surface area contributed by atoms with Crippen LogP contribution in [0.5, 0.6) is 0 Å². The van der Waals surface area contributed by atoms with E-state index >= 15 is 0 Å². The van der Waals surface area contributed by atoms with E-state index in [1.807, 2.05) is 20.8 Å². The van der Waals surface area contributed by atoms with Gasteiger partial charge in [-0.1, -0.05) is 26.0 Å². The molecule has 5 heteroatoms. The van der Waals surface area contributed by atoms with Gasteiger partial charge in [-0.15, -0.1) is 0 Å². The summed E-state index contributed by atoms with van der Waals surface area (Å²) in [4.78, 5) is 11.8. The molecule has 114 valence electrons. The normalized spacial score (nSPS) is 31.9. The van der Waals surface area contributed by atoms with Crippen molar-refractivity contribution in [1.82, 2.24) is 10.6 Å². The lowest BCUT2D eigenvalue weighted by atomic mass is 9.56. The Labute approximate surface area is 120 Å². The molecule has 2 aliphatic rings. The van der Waals surface area contributed by atoms with Crippen molar-refractivity contribution in [1.29, 1.82) is 0 Å². The summed E-state index contributed by atoms with van der Waals surface area (Å²) in [5.41, 5.74) is -1.23. The quantitative estimate of drug-likeness (QED) is 0.670. The monoisotopic (exact) mass is 282 g/mol. The van der Waals surface area contributed by atoms with Gasteiger partial charge in [0, 0.05) is 31.0 Å². The molecular weight excluding hydrogens is 256 g/mol. The SMILES string of the molecule is CCO[C@H]1C[C@](O)(CNC(=O)NC2CC=CC2)C1(C)C.